The van der Waals surface area contributed by atoms with Crippen molar-refractivity contribution < 1.29 is 4.42 Å². The van der Waals surface area contributed by atoms with E-state index >= 15 is 0 Å². The number of rotatable bonds is 4. The molecule has 0 saturated heterocycles. The molecule has 0 fully saturated rings. The van der Waals surface area contributed by atoms with Crippen LogP contribution in [0, 0.1) is 0 Å². The second-order valence-corrected chi connectivity index (χ2v) is 15.7. The second-order valence-electron chi connectivity index (χ2n) is 15.7. The minimum absolute atomic E-state index is 0.0757. The van der Waals surface area contributed by atoms with Gasteiger partial charge in [0, 0.05) is 59.9 Å². The summed E-state index contributed by atoms with van der Waals surface area (Å²) in [5, 5.41) is 7.66. The Balaban J connectivity index is 1.07. The highest BCUT2D eigenvalue weighted by Crippen LogP contribution is 2.51. The standard InChI is InChI=1S/C52H34N2O2/c1-5-31-32(6-2)51(55)54-46-23-21-29(25-40(46)37-17-12-16-36(31)49(37)54)33-15-11-18-38-42-26-30(22-24-48(42)56-50(33)38)53-45-20-10-8-14-35(45)41-27-44-39(28-47(41)53)34-13-7-9-19-43(34)52(44,3)4/h5-28H,1-2H2,3-4H3. The maximum atomic E-state index is 13.9. The number of nitrogens with zero attached hydrogens (tertiary/aromatic N) is 2. The lowest BCUT2D eigenvalue weighted by Crippen LogP contribution is -2.17. The van der Waals surface area contributed by atoms with E-state index < -0.39 is 0 Å². The molecule has 264 valence electrons. The molecule has 0 radical (unpaired) electrons. The van der Waals surface area contributed by atoms with Gasteiger partial charge in [-0.05, 0) is 81.9 Å². The van der Waals surface area contributed by atoms with E-state index in [-0.39, 0.29) is 11.0 Å². The smallest absolute Gasteiger partial charge is 0.263 e. The molecule has 12 rings (SSSR count). The molecule has 0 atom stereocenters. The highest BCUT2D eigenvalue weighted by Gasteiger charge is 2.36. The number of hydrogen-bond donors (Lipinski definition) is 0. The van der Waals surface area contributed by atoms with E-state index in [1.165, 1.54) is 44.1 Å². The average molecular weight is 719 g/mol. The van der Waals surface area contributed by atoms with Crippen LogP contribution in [0.3, 0.4) is 0 Å². The van der Waals surface area contributed by atoms with E-state index in [0.29, 0.717) is 5.56 Å². The van der Waals surface area contributed by atoms with Gasteiger partial charge in [0.2, 0.25) is 0 Å². The van der Waals surface area contributed by atoms with Crippen molar-refractivity contribution in [2.24, 2.45) is 0 Å². The van der Waals surface area contributed by atoms with Gasteiger partial charge in [0.25, 0.3) is 5.56 Å². The first-order valence-corrected chi connectivity index (χ1v) is 19.1. The molecule has 0 amide bonds. The molecule has 4 nitrogen and oxygen atoms in total. The first kappa shape index (κ1) is 31.2. The van der Waals surface area contributed by atoms with Crippen LogP contribution >= 0.6 is 0 Å². The van der Waals surface area contributed by atoms with Crippen molar-refractivity contribution in [3.05, 3.63) is 179 Å². The Morgan fingerprint density at radius 1 is 0.554 bits per heavy atom. The van der Waals surface area contributed by atoms with Gasteiger partial charge in [-0.25, -0.2) is 0 Å². The molecule has 4 heterocycles. The lowest BCUT2D eigenvalue weighted by Gasteiger charge is -2.21. The fourth-order valence-corrected chi connectivity index (χ4v) is 10.1. The topological polar surface area (TPSA) is 39.5 Å². The first-order valence-electron chi connectivity index (χ1n) is 19.1. The normalized spacial score (nSPS) is 13.5. The van der Waals surface area contributed by atoms with E-state index in [1.54, 1.807) is 12.2 Å². The van der Waals surface area contributed by atoms with Gasteiger partial charge in [-0.2, -0.15) is 0 Å². The summed E-state index contributed by atoms with van der Waals surface area (Å²) in [6.07, 6.45) is 3.40. The van der Waals surface area contributed by atoms with Crippen LogP contribution in [-0.2, 0) is 5.41 Å². The van der Waals surface area contributed by atoms with Gasteiger partial charge in [-0.15, -0.1) is 0 Å². The second kappa shape index (κ2) is 10.7. The predicted molar refractivity (Wildman–Crippen MR) is 235 cm³/mol. The zero-order valence-electron chi connectivity index (χ0n) is 31.0. The maximum Gasteiger partial charge on any atom is 0.263 e. The molecule has 0 saturated carbocycles. The Bertz CT molecular complexity index is 3630. The Morgan fingerprint density at radius 2 is 1.29 bits per heavy atom. The minimum Gasteiger partial charge on any atom is -0.455 e. The number of aromatic nitrogens is 2. The van der Waals surface area contributed by atoms with Gasteiger partial charge in [0.1, 0.15) is 11.2 Å². The van der Waals surface area contributed by atoms with Gasteiger partial charge in [-0.1, -0.05) is 124 Å². The molecule has 56 heavy (non-hydrogen) atoms. The molecule has 1 aliphatic carbocycles. The molecule has 0 N–H and O–H groups in total. The van der Waals surface area contributed by atoms with Crippen LogP contribution in [0.15, 0.2) is 156 Å². The van der Waals surface area contributed by atoms with Gasteiger partial charge < -0.3 is 8.98 Å². The third-order valence-electron chi connectivity index (χ3n) is 12.6. The largest absolute Gasteiger partial charge is 0.455 e. The number of furan rings is 1. The summed E-state index contributed by atoms with van der Waals surface area (Å²) in [5.41, 5.74) is 15.5. The van der Waals surface area contributed by atoms with E-state index in [1.807, 2.05) is 4.40 Å². The minimum atomic E-state index is -0.0853. The van der Waals surface area contributed by atoms with Gasteiger partial charge in [-0.3, -0.25) is 9.20 Å². The number of pyridine rings is 1. The molecule has 4 aromatic heterocycles. The fourth-order valence-electron chi connectivity index (χ4n) is 10.1. The van der Waals surface area contributed by atoms with Gasteiger partial charge in [0.05, 0.1) is 22.1 Å². The molecule has 0 aliphatic heterocycles. The fraction of sp³-hybridized carbons (Fsp3) is 0.0577. The SMILES string of the molecule is C=Cc1c(C=C)c2cccc3c4cc(-c5cccc6c5oc5ccc(-n7c8ccccc8c8cc9c(cc87)-c7ccccc7C9(C)C)cc56)ccc4n(c1=O)c23. The highest BCUT2D eigenvalue weighted by molar-refractivity contribution is 6.18. The highest BCUT2D eigenvalue weighted by atomic mass is 16.3. The van der Waals surface area contributed by atoms with E-state index in [0.717, 1.165) is 71.5 Å². The zero-order chi connectivity index (χ0) is 37.6. The van der Waals surface area contributed by atoms with Crippen LogP contribution < -0.4 is 5.56 Å². The van der Waals surface area contributed by atoms with E-state index in [9.17, 15) is 4.79 Å². The number of hydrogen-bond acceptors (Lipinski definition) is 2. The lowest BCUT2D eigenvalue weighted by atomic mass is 9.82. The van der Waals surface area contributed by atoms with E-state index in [2.05, 4.69) is 165 Å². The molecule has 7 aromatic carbocycles. The average Bonchev–Trinajstić information content (AvgIpc) is 3.94. The van der Waals surface area contributed by atoms with Crippen LogP contribution in [0.5, 0.6) is 0 Å². The van der Waals surface area contributed by atoms with Crippen molar-refractivity contribution in [3.63, 3.8) is 0 Å². The van der Waals surface area contributed by atoms with Crippen molar-refractivity contribution in [2.75, 3.05) is 0 Å². The Morgan fingerprint density at radius 3 is 2.16 bits per heavy atom. The zero-order valence-corrected chi connectivity index (χ0v) is 31.0. The number of benzene rings is 7. The molecule has 1 aliphatic rings. The molecule has 4 heteroatoms. The van der Waals surface area contributed by atoms with Crippen LogP contribution in [0.25, 0.3) is 111 Å². The first-order chi connectivity index (χ1) is 27.4. The van der Waals surface area contributed by atoms with Crippen molar-refractivity contribution in [2.45, 2.75) is 19.3 Å². The molecule has 0 spiro atoms. The molecular weight excluding hydrogens is 685 g/mol. The van der Waals surface area contributed by atoms with E-state index in [4.69, 9.17) is 4.42 Å². The predicted octanol–water partition coefficient (Wildman–Crippen LogP) is 13.3. The monoisotopic (exact) mass is 718 g/mol. The summed E-state index contributed by atoms with van der Waals surface area (Å²) in [5.74, 6) is 0. The van der Waals surface area contributed by atoms with Crippen LogP contribution in [-0.4, -0.2) is 8.97 Å². The summed E-state index contributed by atoms with van der Waals surface area (Å²) in [4.78, 5) is 13.9. The van der Waals surface area contributed by atoms with Crippen LogP contribution in [0.2, 0.25) is 0 Å². The maximum absolute atomic E-state index is 13.9. The van der Waals surface area contributed by atoms with Crippen molar-refractivity contribution in [1.82, 2.24) is 8.97 Å². The summed E-state index contributed by atoms with van der Waals surface area (Å²) >= 11 is 0. The lowest BCUT2D eigenvalue weighted by molar-refractivity contribution is 0.661. The third kappa shape index (κ3) is 3.80. The number of fused-ring (bicyclic) bond motifs is 12. The van der Waals surface area contributed by atoms with Crippen LogP contribution in [0.1, 0.15) is 36.1 Å². The Labute approximate surface area is 321 Å². The molecule has 0 bridgehead atoms. The molecule has 11 aromatic rings. The molecular formula is C52H34N2O2. The molecule has 0 unspecified atom stereocenters. The quantitative estimate of drug-likeness (QED) is 0.182. The van der Waals surface area contributed by atoms with Gasteiger partial charge in [0.15, 0.2) is 0 Å². The Hall–Kier alpha value is -7.17. The van der Waals surface area contributed by atoms with Crippen LogP contribution in [0.4, 0.5) is 0 Å². The summed E-state index contributed by atoms with van der Waals surface area (Å²) in [6.45, 7) is 12.7. The third-order valence-corrected chi connectivity index (χ3v) is 12.6. The summed E-state index contributed by atoms with van der Waals surface area (Å²) < 4.78 is 11.0. The number of para-hydroxylation sites is 3. The Kier molecular flexibility index (Phi) is 5.98. The van der Waals surface area contributed by atoms with Crippen molar-refractivity contribution >= 4 is 83.1 Å². The van der Waals surface area contributed by atoms with Crippen molar-refractivity contribution in [1.29, 1.82) is 0 Å². The summed E-state index contributed by atoms with van der Waals surface area (Å²) in [6, 6.07) is 48.0. The summed E-state index contributed by atoms with van der Waals surface area (Å²) in [7, 11) is 0. The van der Waals surface area contributed by atoms with Crippen molar-refractivity contribution in [3.8, 4) is 27.9 Å². The van der Waals surface area contributed by atoms with Gasteiger partial charge >= 0.3 is 0 Å².